The van der Waals surface area contributed by atoms with E-state index < -0.39 is 0 Å². The Morgan fingerprint density at radius 3 is 1.17 bits per heavy atom. The monoisotopic (exact) mass is 742 g/mol. The normalized spacial score (nSPS) is 14.8. The van der Waals surface area contributed by atoms with Gasteiger partial charge in [0, 0.05) is 43.5 Å². The fraction of sp³-hybridized carbons (Fsp3) is 0.107. The van der Waals surface area contributed by atoms with Crippen molar-refractivity contribution >= 4 is 65.4 Å². The summed E-state index contributed by atoms with van der Waals surface area (Å²) in [7, 11) is 0. The van der Waals surface area contributed by atoms with Gasteiger partial charge >= 0.3 is 0 Å². The first kappa shape index (κ1) is 32.2. The lowest BCUT2D eigenvalue weighted by atomic mass is 9.72. The Hall–Kier alpha value is -6.90. The van der Waals surface area contributed by atoms with Gasteiger partial charge in [-0.3, -0.25) is 0 Å². The van der Waals surface area contributed by atoms with E-state index in [0.29, 0.717) is 0 Å². The van der Waals surface area contributed by atoms with Gasteiger partial charge in [0.15, 0.2) is 0 Å². The van der Waals surface area contributed by atoms with Crippen molar-refractivity contribution in [3.05, 3.63) is 180 Å². The molecule has 0 spiro atoms. The molecule has 11 aromatic rings. The topological polar surface area (TPSA) is 26.3 Å². The number of fused-ring (bicyclic) bond motifs is 17. The molecule has 2 nitrogen and oxygen atoms in total. The minimum Gasteiger partial charge on any atom is -0.455 e. The van der Waals surface area contributed by atoms with Crippen LogP contribution in [0.15, 0.2) is 167 Å². The van der Waals surface area contributed by atoms with Gasteiger partial charge in [0.05, 0.1) is 0 Å². The van der Waals surface area contributed by atoms with Crippen molar-refractivity contribution < 1.29 is 8.83 Å². The van der Waals surface area contributed by atoms with Crippen molar-refractivity contribution in [3.63, 3.8) is 0 Å². The summed E-state index contributed by atoms with van der Waals surface area (Å²) in [5.41, 5.74) is 18.6. The van der Waals surface area contributed by atoms with Gasteiger partial charge < -0.3 is 8.83 Å². The number of para-hydroxylation sites is 2. The first-order valence-electron chi connectivity index (χ1n) is 20.4. The Morgan fingerprint density at radius 2 is 0.724 bits per heavy atom. The van der Waals surface area contributed by atoms with Crippen LogP contribution in [0.4, 0.5) is 0 Å². The molecule has 9 aromatic carbocycles. The fourth-order valence-corrected chi connectivity index (χ4v) is 11.3. The smallest absolute Gasteiger partial charge is 0.143 e. The number of benzene rings is 9. The predicted molar refractivity (Wildman–Crippen MR) is 242 cm³/mol. The lowest BCUT2D eigenvalue weighted by molar-refractivity contribution is 0.601. The number of hydrogen-bond donors (Lipinski definition) is 0. The third kappa shape index (κ3) is 3.93. The quantitative estimate of drug-likeness (QED) is 0.176. The predicted octanol–water partition coefficient (Wildman–Crippen LogP) is 15.7. The SMILES string of the molecule is CC1(C)c2cc(-c3cccc4ccccc34)c3oc4ccccc4c3c2-c2ccc3c(c21)C(C)(C)c1cc(-c2cccc4ccccc24)c2oc4ccccc4c2c1-3. The Bertz CT molecular complexity index is 3370. The van der Waals surface area contributed by atoms with E-state index >= 15 is 0 Å². The Kier molecular flexibility index (Phi) is 6.07. The molecule has 274 valence electrons. The second kappa shape index (κ2) is 10.9. The number of furan rings is 2. The summed E-state index contributed by atoms with van der Waals surface area (Å²) in [4.78, 5) is 0. The molecule has 0 amide bonds. The third-order valence-corrected chi connectivity index (χ3v) is 13.8. The zero-order chi connectivity index (χ0) is 38.7. The van der Waals surface area contributed by atoms with E-state index in [-0.39, 0.29) is 10.8 Å². The summed E-state index contributed by atoms with van der Waals surface area (Å²) in [6.07, 6.45) is 0. The first-order valence-corrected chi connectivity index (χ1v) is 20.4. The maximum Gasteiger partial charge on any atom is 0.143 e. The van der Waals surface area contributed by atoms with Crippen LogP contribution < -0.4 is 0 Å². The molecule has 0 aliphatic heterocycles. The second-order valence-electron chi connectivity index (χ2n) is 17.5. The molecular weight excluding hydrogens is 705 g/mol. The minimum atomic E-state index is -0.308. The van der Waals surface area contributed by atoms with Crippen LogP contribution in [0, 0.1) is 0 Å². The standard InChI is InChI=1S/C56H38O2/c1-55(2)43-29-41(35-23-13-17-31-15-5-7-19-33(31)35)53-49(37-21-9-11-25-45(37)57-53)47(43)39-27-28-40-48-44(56(3,4)52(40)51(39)55)30-42(36-24-14-18-32-16-6-8-20-34(32)36)54-50(48)38-22-10-12-26-46(38)58-54/h5-30H,1-4H3. The summed E-state index contributed by atoms with van der Waals surface area (Å²) in [5.74, 6) is 0. The molecule has 0 atom stereocenters. The van der Waals surface area contributed by atoms with Crippen LogP contribution >= 0.6 is 0 Å². The minimum absolute atomic E-state index is 0.308. The Morgan fingerprint density at radius 1 is 0.345 bits per heavy atom. The van der Waals surface area contributed by atoms with Gasteiger partial charge in [0.25, 0.3) is 0 Å². The van der Waals surface area contributed by atoms with Gasteiger partial charge in [-0.05, 0) is 101 Å². The molecule has 2 aliphatic rings. The molecule has 2 heterocycles. The number of hydrogen-bond acceptors (Lipinski definition) is 2. The van der Waals surface area contributed by atoms with Gasteiger partial charge in [-0.25, -0.2) is 0 Å². The van der Waals surface area contributed by atoms with E-state index in [9.17, 15) is 0 Å². The van der Waals surface area contributed by atoms with E-state index in [1.807, 2.05) is 0 Å². The Labute approximate surface area is 336 Å². The molecule has 0 bridgehead atoms. The van der Waals surface area contributed by atoms with E-state index in [1.54, 1.807) is 0 Å². The van der Waals surface area contributed by atoms with Gasteiger partial charge in [-0.2, -0.15) is 0 Å². The van der Waals surface area contributed by atoms with Gasteiger partial charge in [0.2, 0.25) is 0 Å². The zero-order valence-corrected chi connectivity index (χ0v) is 32.8. The highest BCUT2D eigenvalue weighted by molar-refractivity contribution is 6.22. The lowest BCUT2D eigenvalue weighted by Gasteiger charge is -2.31. The third-order valence-electron chi connectivity index (χ3n) is 13.8. The first-order chi connectivity index (χ1) is 28.3. The van der Waals surface area contributed by atoms with E-state index in [0.717, 1.165) is 44.2 Å². The van der Waals surface area contributed by atoms with Gasteiger partial charge in [-0.1, -0.05) is 161 Å². The van der Waals surface area contributed by atoms with Crippen molar-refractivity contribution in [3.8, 4) is 44.5 Å². The second-order valence-corrected chi connectivity index (χ2v) is 17.5. The van der Waals surface area contributed by atoms with Crippen molar-refractivity contribution in [1.82, 2.24) is 0 Å². The summed E-state index contributed by atoms with van der Waals surface area (Å²) in [5, 5.41) is 9.65. The molecule has 0 fully saturated rings. The van der Waals surface area contributed by atoms with Crippen LogP contribution in [-0.2, 0) is 10.8 Å². The number of rotatable bonds is 2. The van der Waals surface area contributed by atoms with Crippen molar-refractivity contribution in [2.24, 2.45) is 0 Å². The van der Waals surface area contributed by atoms with Crippen LogP contribution in [0.3, 0.4) is 0 Å². The van der Waals surface area contributed by atoms with Crippen LogP contribution in [-0.4, -0.2) is 0 Å². The molecule has 0 unspecified atom stereocenters. The lowest BCUT2D eigenvalue weighted by Crippen LogP contribution is -2.24. The van der Waals surface area contributed by atoms with Crippen LogP contribution in [0.1, 0.15) is 49.9 Å². The molecule has 0 saturated heterocycles. The molecule has 0 N–H and O–H groups in total. The summed E-state index contributed by atoms with van der Waals surface area (Å²) < 4.78 is 13.9. The van der Waals surface area contributed by atoms with Crippen molar-refractivity contribution in [2.75, 3.05) is 0 Å². The molecule has 58 heavy (non-hydrogen) atoms. The highest BCUT2D eigenvalue weighted by Crippen LogP contribution is 2.63. The van der Waals surface area contributed by atoms with E-state index in [4.69, 9.17) is 8.83 Å². The van der Waals surface area contributed by atoms with Crippen LogP contribution in [0.25, 0.3) is 110 Å². The van der Waals surface area contributed by atoms with Gasteiger partial charge in [0.1, 0.15) is 22.3 Å². The average Bonchev–Trinajstić information content (AvgIpc) is 3.95. The largest absolute Gasteiger partial charge is 0.455 e. The zero-order valence-electron chi connectivity index (χ0n) is 32.8. The highest BCUT2D eigenvalue weighted by Gasteiger charge is 2.48. The van der Waals surface area contributed by atoms with Crippen molar-refractivity contribution in [1.29, 1.82) is 0 Å². The Balaban J connectivity index is 1.14. The maximum atomic E-state index is 6.94. The molecule has 2 aromatic heterocycles. The summed E-state index contributed by atoms with van der Waals surface area (Å²) in [6.45, 7) is 9.79. The summed E-state index contributed by atoms with van der Waals surface area (Å²) >= 11 is 0. The van der Waals surface area contributed by atoms with Crippen LogP contribution in [0.5, 0.6) is 0 Å². The van der Waals surface area contributed by atoms with Crippen molar-refractivity contribution in [2.45, 2.75) is 38.5 Å². The van der Waals surface area contributed by atoms with Gasteiger partial charge in [-0.15, -0.1) is 0 Å². The molecule has 13 rings (SSSR count). The van der Waals surface area contributed by atoms with Crippen LogP contribution in [0.2, 0.25) is 0 Å². The van der Waals surface area contributed by atoms with E-state index in [1.165, 1.54) is 88.0 Å². The molecule has 2 aliphatic carbocycles. The highest BCUT2D eigenvalue weighted by atomic mass is 16.3. The molecular formula is C56H38O2. The average molecular weight is 743 g/mol. The fourth-order valence-electron chi connectivity index (χ4n) is 11.3. The summed E-state index contributed by atoms with van der Waals surface area (Å²) in [6, 6.07) is 57.6. The van der Waals surface area contributed by atoms with E-state index in [2.05, 4.69) is 185 Å². The molecule has 0 saturated carbocycles. The molecule has 2 heteroatoms. The maximum absolute atomic E-state index is 6.94. The molecule has 0 radical (unpaired) electrons.